The Labute approximate surface area is 135 Å². The van der Waals surface area contributed by atoms with Crippen molar-refractivity contribution in [1.82, 2.24) is 0 Å². The molecule has 2 heteroatoms. The lowest BCUT2D eigenvalue weighted by Crippen LogP contribution is -2.12. The van der Waals surface area contributed by atoms with Crippen LogP contribution in [0.5, 0.6) is 0 Å². The van der Waals surface area contributed by atoms with E-state index in [1.54, 1.807) is 0 Å². The van der Waals surface area contributed by atoms with Gasteiger partial charge in [0.25, 0.3) is 0 Å². The number of allylic oxidation sites excluding steroid dienone is 2. The third-order valence-electron chi connectivity index (χ3n) is 3.83. The second-order valence-corrected chi connectivity index (χ2v) is 5.92. The van der Waals surface area contributed by atoms with Gasteiger partial charge in [-0.3, -0.25) is 4.79 Å². The summed E-state index contributed by atoms with van der Waals surface area (Å²) < 4.78 is 0. The summed E-state index contributed by atoms with van der Waals surface area (Å²) in [6, 6.07) is 17.6. The Balaban J connectivity index is 1.87. The molecule has 0 bridgehead atoms. The normalized spacial score (nSPS) is 18.9. The molecule has 1 aliphatic carbocycles. The molecule has 0 atom stereocenters. The van der Waals surface area contributed by atoms with Crippen molar-refractivity contribution in [2.75, 3.05) is 0 Å². The lowest BCUT2D eigenvalue weighted by atomic mass is 9.87. The Morgan fingerprint density at radius 2 is 1.32 bits per heavy atom. The fourth-order valence-corrected chi connectivity index (χ4v) is 2.81. The topological polar surface area (TPSA) is 17.1 Å². The summed E-state index contributed by atoms with van der Waals surface area (Å²) in [6.45, 7) is 0. The van der Waals surface area contributed by atoms with Crippen molar-refractivity contribution in [3.05, 3.63) is 81.9 Å². The van der Waals surface area contributed by atoms with Gasteiger partial charge in [0, 0.05) is 16.2 Å². The van der Waals surface area contributed by atoms with Crippen molar-refractivity contribution in [1.29, 1.82) is 0 Å². The maximum Gasteiger partial charge on any atom is 0.185 e. The van der Waals surface area contributed by atoms with Crippen LogP contribution in [0.4, 0.5) is 0 Å². The molecule has 2 aromatic rings. The molecule has 0 aliphatic heterocycles. The Morgan fingerprint density at radius 3 is 1.91 bits per heavy atom. The number of carbonyl (C=O) groups excluding carboxylic acids is 1. The second-order valence-electron chi connectivity index (χ2n) is 5.48. The van der Waals surface area contributed by atoms with Crippen molar-refractivity contribution in [2.24, 2.45) is 0 Å². The third kappa shape index (κ3) is 3.55. The van der Waals surface area contributed by atoms with E-state index in [1.807, 2.05) is 66.7 Å². The first-order valence-electron chi connectivity index (χ1n) is 7.49. The van der Waals surface area contributed by atoms with E-state index in [1.165, 1.54) is 0 Å². The molecule has 0 N–H and O–H groups in total. The van der Waals surface area contributed by atoms with Gasteiger partial charge in [0.2, 0.25) is 0 Å². The molecule has 0 unspecified atom stereocenters. The standard InChI is InChI=1S/C20H17ClO/c21-19-11-9-16(10-12-19)14-18-8-4-7-17(20(18)22)13-15-5-2-1-3-6-15/h1-3,5-6,9-14H,4,7-8H2/b17-13+,18-14+. The molecule has 1 nitrogen and oxygen atoms in total. The Morgan fingerprint density at radius 1 is 0.773 bits per heavy atom. The third-order valence-corrected chi connectivity index (χ3v) is 4.08. The van der Waals surface area contributed by atoms with Gasteiger partial charge in [-0.05, 0) is 54.7 Å². The highest BCUT2D eigenvalue weighted by atomic mass is 35.5. The van der Waals surface area contributed by atoms with Gasteiger partial charge in [-0.2, -0.15) is 0 Å². The highest BCUT2D eigenvalue weighted by molar-refractivity contribution is 6.30. The number of hydrogen-bond donors (Lipinski definition) is 0. The zero-order valence-corrected chi connectivity index (χ0v) is 13.0. The van der Waals surface area contributed by atoms with Gasteiger partial charge in [0.15, 0.2) is 5.78 Å². The Kier molecular flexibility index (Phi) is 4.55. The number of halogens is 1. The molecule has 0 radical (unpaired) electrons. The largest absolute Gasteiger partial charge is 0.289 e. The van der Waals surface area contributed by atoms with Gasteiger partial charge in [0.05, 0.1) is 0 Å². The molecule has 1 aliphatic rings. The SMILES string of the molecule is O=C1/C(=C/c2ccccc2)CCC/C1=C\c1ccc(Cl)cc1. The van der Waals surface area contributed by atoms with Gasteiger partial charge in [-0.15, -0.1) is 0 Å². The number of Topliss-reactive ketones (excluding diaryl/α,β-unsaturated/α-hetero) is 1. The van der Waals surface area contributed by atoms with Crippen LogP contribution in [0.25, 0.3) is 12.2 Å². The summed E-state index contributed by atoms with van der Waals surface area (Å²) in [5, 5.41) is 0.710. The zero-order valence-electron chi connectivity index (χ0n) is 12.3. The summed E-state index contributed by atoms with van der Waals surface area (Å²) in [4.78, 5) is 12.6. The highest BCUT2D eigenvalue weighted by Crippen LogP contribution is 2.28. The quantitative estimate of drug-likeness (QED) is 0.664. The molecule has 2 aromatic carbocycles. The summed E-state index contributed by atoms with van der Waals surface area (Å²) >= 11 is 5.90. The van der Waals surface area contributed by atoms with Gasteiger partial charge < -0.3 is 0 Å². The Hall–Kier alpha value is -2.12. The van der Waals surface area contributed by atoms with E-state index in [2.05, 4.69) is 0 Å². The van der Waals surface area contributed by atoms with E-state index in [0.29, 0.717) is 5.02 Å². The van der Waals surface area contributed by atoms with Crippen LogP contribution >= 0.6 is 11.6 Å². The maximum atomic E-state index is 12.6. The number of benzene rings is 2. The van der Waals surface area contributed by atoms with Crippen molar-refractivity contribution >= 4 is 29.5 Å². The lowest BCUT2D eigenvalue weighted by molar-refractivity contribution is -0.112. The number of carbonyl (C=O) groups is 1. The predicted molar refractivity (Wildman–Crippen MR) is 92.7 cm³/mol. The zero-order chi connectivity index (χ0) is 15.4. The minimum absolute atomic E-state index is 0.171. The minimum atomic E-state index is 0.171. The van der Waals surface area contributed by atoms with Crippen molar-refractivity contribution in [2.45, 2.75) is 19.3 Å². The molecule has 0 saturated heterocycles. The van der Waals surface area contributed by atoms with Crippen LogP contribution in [0, 0.1) is 0 Å². The lowest BCUT2D eigenvalue weighted by Gasteiger charge is -2.16. The van der Waals surface area contributed by atoms with Gasteiger partial charge in [-0.1, -0.05) is 54.1 Å². The van der Waals surface area contributed by atoms with Crippen LogP contribution in [0.1, 0.15) is 30.4 Å². The molecule has 22 heavy (non-hydrogen) atoms. The smallest absolute Gasteiger partial charge is 0.185 e. The molecule has 110 valence electrons. The van der Waals surface area contributed by atoms with Crippen LogP contribution in [0.3, 0.4) is 0 Å². The molecule has 0 heterocycles. The number of ketones is 1. The van der Waals surface area contributed by atoms with E-state index in [-0.39, 0.29) is 5.78 Å². The fraction of sp³-hybridized carbons (Fsp3) is 0.150. The number of rotatable bonds is 2. The Bertz CT molecular complexity index is 724. The summed E-state index contributed by atoms with van der Waals surface area (Å²) in [5.74, 6) is 0.171. The van der Waals surface area contributed by atoms with Gasteiger partial charge in [-0.25, -0.2) is 0 Å². The molecule has 0 spiro atoms. The van der Waals surface area contributed by atoms with Gasteiger partial charge in [0.1, 0.15) is 0 Å². The first-order valence-corrected chi connectivity index (χ1v) is 7.86. The maximum absolute atomic E-state index is 12.6. The minimum Gasteiger partial charge on any atom is -0.289 e. The van der Waals surface area contributed by atoms with Gasteiger partial charge >= 0.3 is 0 Å². The second kappa shape index (κ2) is 6.76. The molecule has 0 aromatic heterocycles. The van der Waals surface area contributed by atoms with Crippen LogP contribution in [0.15, 0.2) is 65.7 Å². The average Bonchev–Trinajstić information content (AvgIpc) is 2.54. The molecular weight excluding hydrogens is 292 g/mol. The number of hydrogen-bond acceptors (Lipinski definition) is 1. The molecule has 1 saturated carbocycles. The van der Waals surface area contributed by atoms with E-state index < -0.39 is 0 Å². The van der Waals surface area contributed by atoms with Crippen LogP contribution in [-0.2, 0) is 4.79 Å². The predicted octanol–water partition coefficient (Wildman–Crippen LogP) is 5.56. The average molecular weight is 309 g/mol. The fourth-order valence-electron chi connectivity index (χ4n) is 2.69. The molecule has 3 rings (SSSR count). The van der Waals surface area contributed by atoms with Crippen LogP contribution < -0.4 is 0 Å². The van der Waals surface area contributed by atoms with Crippen LogP contribution in [0.2, 0.25) is 5.02 Å². The van der Waals surface area contributed by atoms with Crippen molar-refractivity contribution in [3.63, 3.8) is 0 Å². The summed E-state index contributed by atoms with van der Waals surface area (Å²) in [5.41, 5.74) is 3.89. The van der Waals surface area contributed by atoms with Crippen molar-refractivity contribution < 1.29 is 4.79 Å². The monoisotopic (exact) mass is 308 g/mol. The first-order chi connectivity index (χ1) is 10.7. The summed E-state index contributed by atoms with van der Waals surface area (Å²) in [6.07, 6.45) is 6.71. The van der Waals surface area contributed by atoms with Crippen LogP contribution in [-0.4, -0.2) is 5.78 Å². The molecular formula is C20H17ClO. The molecule has 1 fully saturated rings. The van der Waals surface area contributed by atoms with E-state index >= 15 is 0 Å². The van der Waals surface area contributed by atoms with E-state index in [9.17, 15) is 4.79 Å². The molecule has 0 amide bonds. The summed E-state index contributed by atoms with van der Waals surface area (Å²) in [7, 11) is 0. The highest BCUT2D eigenvalue weighted by Gasteiger charge is 2.20. The van der Waals surface area contributed by atoms with Crippen molar-refractivity contribution in [3.8, 4) is 0 Å². The first kappa shape index (κ1) is 14.8. The van der Waals surface area contributed by atoms with E-state index in [0.717, 1.165) is 41.5 Å². The van der Waals surface area contributed by atoms with E-state index in [4.69, 9.17) is 11.6 Å².